The molecule has 0 saturated carbocycles. The lowest BCUT2D eigenvalue weighted by Crippen LogP contribution is -2.11. The van der Waals surface area contributed by atoms with Gasteiger partial charge in [0.05, 0.1) is 32.2 Å². The maximum Gasteiger partial charge on any atom is 0.318 e. The Kier molecular flexibility index (Phi) is 1.51. The second-order valence-corrected chi connectivity index (χ2v) is 4.61. The number of hydrogen-bond acceptors (Lipinski definition) is 5. The SMILES string of the molecule is O=C(O)C1c2ncsc2-c2scnc21. The van der Waals surface area contributed by atoms with Gasteiger partial charge in [-0.1, -0.05) is 0 Å². The molecule has 0 aliphatic heterocycles. The maximum absolute atomic E-state index is 11.1. The number of rotatable bonds is 1. The Balaban J connectivity index is 2.32. The number of hydrogen-bond donors (Lipinski definition) is 1. The minimum absolute atomic E-state index is 0.650. The summed E-state index contributed by atoms with van der Waals surface area (Å²) in [5, 5.41) is 9.07. The Labute approximate surface area is 86.9 Å². The topological polar surface area (TPSA) is 63.1 Å². The first-order valence-electron chi connectivity index (χ1n) is 3.89. The van der Waals surface area contributed by atoms with Crippen molar-refractivity contribution in [2.45, 2.75) is 5.92 Å². The lowest BCUT2D eigenvalue weighted by molar-refractivity contribution is -0.137. The number of nitrogens with zero attached hydrogens (tertiary/aromatic N) is 2. The van der Waals surface area contributed by atoms with E-state index in [0.29, 0.717) is 11.4 Å². The number of fused-ring (bicyclic) bond motifs is 3. The molecule has 2 aromatic rings. The zero-order valence-electron chi connectivity index (χ0n) is 6.80. The van der Waals surface area contributed by atoms with Crippen molar-refractivity contribution in [2.75, 3.05) is 0 Å². The minimum Gasteiger partial charge on any atom is -0.480 e. The van der Waals surface area contributed by atoms with Gasteiger partial charge in [-0.15, -0.1) is 22.7 Å². The summed E-state index contributed by atoms with van der Waals surface area (Å²) in [6.45, 7) is 0. The van der Waals surface area contributed by atoms with Crippen LogP contribution >= 0.6 is 22.7 Å². The molecular formula is C8H4N2O2S2. The van der Waals surface area contributed by atoms with E-state index in [1.54, 1.807) is 11.0 Å². The van der Waals surface area contributed by atoms with Crippen LogP contribution in [-0.4, -0.2) is 21.0 Å². The van der Waals surface area contributed by atoms with Crippen molar-refractivity contribution in [3.63, 3.8) is 0 Å². The van der Waals surface area contributed by atoms with Crippen LogP contribution in [0.15, 0.2) is 11.0 Å². The van der Waals surface area contributed by atoms with Crippen molar-refractivity contribution in [3.05, 3.63) is 22.4 Å². The van der Waals surface area contributed by atoms with Crippen LogP contribution in [0.4, 0.5) is 0 Å². The summed E-state index contributed by atoms with van der Waals surface area (Å²) in [7, 11) is 0. The predicted molar refractivity (Wildman–Crippen MR) is 52.7 cm³/mol. The molecule has 70 valence electrons. The van der Waals surface area contributed by atoms with Crippen molar-refractivity contribution >= 4 is 28.6 Å². The van der Waals surface area contributed by atoms with Gasteiger partial charge in [-0.3, -0.25) is 4.79 Å². The highest BCUT2D eigenvalue weighted by Crippen LogP contribution is 2.47. The average Bonchev–Trinajstić information content (AvgIpc) is 2.70. The van der Waals surface area contributed by atoms with Crippen LogP contribution in [0, 0.1) is 0 Å². The summed E-state index contributed by atoms with van der Waals surface area (Å²) in [6, 6.07) is 0. The third-order valence-electron chi connectivity index (χ3n) is 2.19. The molecule has 0 unspecified atom stereocenters. The molecular weight excluding hydrogens is 220 g/mol. The standard InChI is InChI=1S/C8H4N2O2S2/c11-8(12)3-4-6(13-1-9-4)7-5(3)10-2-14-7/h1-3H,(H,11,12). The van der Waals surface area contributed by atoms with Gasteiger partial charge in [-0.2, -0.15) is 0 Å². The monoisotopic (exact) mass is 224 g/mol. The molecule has 0 spiro atoms. The van der Waals surface area contributed by atoms with E-state index in [9.17, 15) is 4.79 Å². The molecule has 1 aliphatic carbocycles. The van der Waals surface area contributed by atoms with Crippen LogP contribution in [0.1, 0.15) is 17.3 Å². The Bertz CT molecular complexity index is 477. The maximum atomic E-state index is 11.1. The van der Waals surface area contributed by atoms with Gasteiger partial charge >= 0.3 is 5.97 Å². The van der Waals surface area contributed by atoms with Crippen LogP contribution in [0.25, 0.3) is 9.75 Å². The largest absolute Gasteiger partial charge is 0.480 e. The zero-order valence-corrected chi connectivity index (χ0v) is 8.43. The fourth-order valence-electron chi connectivity index (χ4n) is 1.62. The van der Waals surface area contributed by atoms with Crippen LogP contribution in [-0.2, 0) is 4.79 Å². The lowest BCUT2D eigenvalue weighted by Gasteiger charge is -2.00. The fourth-order valence-corrected chi connectivity index (χ4v) is 3.46. The Morgan fingerprint density at radius 1 is 1.21 bits per heavy atom. The molecule has 2 aromatic heterocycles. The number of aliphatic carboxylic acids is 1. The average molecular weight is 224 g/mol. The summed E-state index contributed by atoms with van der Waals surface area (Å²) < 4.78 is 0. The first-order valence-corrected chi connectivity index (χ1v) is 5.65. The van der Waals surface area contributed by atoms with Gasteiger partial charge in [0.25, 0.3) is 0 Å². The van der Waals surface area contributed by atoms with E-state index in [4.69, 9.17) is 5.11 Å². The van der Waals surface area contributed by atoms with E-state index in [0.717, 1.165) is 9.75 Å². The van der Waals surface area contributed by atoms with Crippen molar-refractivity contribution in [1.82, 2.24) is 9.97 Å². The second-order valence-electron chi connectivity index (χ2n) is 2.90. The molecule has 1 N–H and O–H groups in total. The van der Waals surface area contributed by atoms with Crippen LogP contribution in [0.2, 0.25) is 0 Å². The van der Waals surface area contributed by atoms with Gasteiger partial charge in [-0.05, 0) is 0 Å². The molecule has 0 radical (unpaired) electrons. The van der Waals surface area contributed by atoms with Crippen molar-refractivity contribution in [2.24, 2.45) is 0 Å². The summed E-state index contributed by atoms with van der Waals surface area (Å²) in [5.41, 5.74) is 4.67. The molecule has 0 amide bonds. The van der Waals surface area contributed by atoms with Gasteiger partial charge in [0.2, 0.25) is 0 Å². The Morgan fingerprint density at radius 3 is 2.14 bits per heavy atom. The molecule has 0 saturated heterocycles. The molecule has 1 aliphatic rings. The molecule has 6 heteroatoms. The van der Waals surface area contributed by atoms with Crippen LogP contribution in [0.3, 0.4) is 0 Å². The van der Waals surface area contributed by atoms with E-state index in [2.05, 4.69) is 9.97 Å². The third-order valence-corrected chi connectivity index (χ3v) is 4.04. The molecule has 2 heterocycles. The highest BCUT2D eigenvalue weighted by Gasteiger charge is 2.38. The first-order chi connectivity index (χ1) is 6.79. The van der Waals surface area contributed by atoms with E-state index < -0.39 is 11.9 Å². The number of thiazole rings is 2. The van der Waals surface area contributed by atoms with Gasteiger partial charge in [0.1, 0.15) is 5.92 Å². The molecule has 0 atom stereocenters. The lowest BCUT2D eigenvalue weighted by atomic mass is 10.1. The number of carboxylic acids is 1. The van der Waals surface area contributed by atoms with Crippen molar-refractivity contribution < 1.29 is 9.90 Å². The van der Waals surface area contributed by atoms with Crippen LogP contribution < -0.4 is 0 Å². The molecule has 3 rings (SSSR count). The molecule has 0 aromatic carbocycles. The molecule has 14 heavy (non-hydrogen) atoms. The van der Waals surface area contributed by atoms with E-state index in [1.165, 1.54) is 22.7 Å². The zero-order chi connectivity index (χ0) is 9.71. The molecule has 4 nitrogen and oxygen atoms in total. The summed E-state index contributed by atoms with van der Waals surface area (Å²) in [6.07, 6.45) is 0. The Morgan fingerprint density at radius 2 is 1.71 bits per heavy atom. The highest BCUT2D eigenvalue weighted by atomic mass is 32.1. The second kappa shape index (κ2) is 2.61. The summed E-state index contributed by atoms with van der Waals surface area (Å²) >= 11 is 2.95. The van der Waals surface area contributed by atoms with E-state index in [1.807, 2.05) is 0 Å². The normalized spacial score (nSPS) is 14.0. The van der Waals surface area contributed by atoms with Crippen molar-refractivity contribution in [1.29, 1.82) is 0 Å². The quantitative estimate of drug-likeness (QED) is 0.802. The van der Waals surface area contributed by atoms with Gasteiger partial charge < -0.3 is 5.11 Å². The highest BCUT2D eigenvalue weighted by molar-refractivity contribution is 7.20. The van der Waals surface area contributed by atoms with E-state index >= 15 is 0 Å². The molecule has 0 fully saturated rings. The number of carboxylic acid groups (broad SMARTS) is 1. The van der Waals surface area contributed by atoms with E-state index in [-0.39, 0.29) is 0 Å². The van der Waals surface area contributed by atoms with Gasteiger partial charge in [0, 0.05) is 0 Å². The number of aromatic nitrogens is 2. The van der Waals surface area contributed by atoms with Gasteiger partial charge in [0.15, 0.2) is 0 Å². The summed E-state index contributed by atoms with van der Waals surface area (Å²) in [5.74, 6) is -1.53. The summed E-state index contributed by atoms with van der Waals surface area (Å²) in [4.78, 5) is 21.2. The molecule has 0 bridgehead atoms. The number of carbonyl (C=O) groups is 1. The fraction of sp³-hybridized carbons (Fsp3) is 0.125. The minimum atomic E-state index is -0.873. The Hall–Kier alpha value is -1.27. The van der Waals surface area contributed by atoms with Crippen LogP contribution in [0.5, 0.6) is 0 Å². The third kappa shape index (κ3) is 0.842. The van der Waals surface area contributed by atoms with Gasteiger partial charge in [-0.25, -0.2) is 9.97 Å². The smallest absolute Gasteiger partial charge is 0.318 e. The predicted octanol–water partition coefficient (Wildman–Crippen LogP) is 1.80. The first kappa shape index (κ1) is 8.07. The van der Waals surface area contributed by atoms with Crippen molar-refractivity contribution in [3.8, 4) is 9.75 Å².